The molecule has 0 atom stereocenters. The van der Waals surface area contributed by atoms with E-state index in [-0.39, 0.29) is 33.1 Å². The number of hydrogen-bond acceptors (Lipinski definition) is 8. The first kappa shape index (κ1) is 20.0. The Morgan fingerprint density at radius 1 is 1.15 bits per heavy atom. The smallest absolute Gasteiger partial charge is 0.348 e. The van der Waals surface area contributed by atoms with Crippen LogP contribution in [0.2, 0.25) is 0 Å². The average Bonchev–Trinajstić information content (AvgIpc) is 2.96. The van der Waals surface area contributed by atoms with Gasteiger partial charge in [-0.2, -0.15) is 0 Å². The SMILES string of the molecule is COC(=O)c1sc(NC(=O)Cc2ccccc2[N+](=O)[O-])c(C(=O)OC)c1C. The highest BCUT2D eigenvalue weighted by Crippen LogP contribution is 2.34. The highest BCUT2D eigenvalue weighted by Gasteiger charge is 2.27. The number of nitro benzene ring substituents is 1. The van der Waals surface area contributed by atoms with Crippen LogP contribution in [0.1, 0.15) is 31.2 Å². The van der Waals surface area contributed by atoms with Crippen molar-refractivity contribution in [2.45, 2.75) is 13.3 Å². The average molecular weight is 392 g/mol. The summed E-state index contributed by atoms with van der Waals surface area (Å²) in [5.74, 6) is -1.95. The number of nitrogens with zero attached hydrogens (tertiary/aromatic N) is 1. The number of para-hydroxylation sites is 1. The topological polar surface area (TPSA) is 125 Å². The van der Waals surface area contributed by atoms with Crippen molar-refractivity contribution >= 4 is 39.9 Å². The number of nitro groups is 1. The fraction of sp³-hybridized carbons (Fsp3) is 0.235. The Morgan fingerprint density at radius 2 is 1.78 bits per heavy atom. The van der Waals surface area contributed by atoms with Gasteiger partial charge in [-0.3, -0.25) is 14.9 Å². The summed E-state index contributed by atoms with van der Waals surface area (Å²) in [6, 6.07) is 5.85. The summed E-state index contributed by atoms with van der Waals surface area (Å²) in [5, 5.41) is 13.7. The Labute approximate surface area is 158 Å². The standard InChI is InChI=1S/C17H16N2O7S/c1-9-13(16(21)25-2)15(27-14(9)17(22)26-3)18-12(20)8-10-6-4-5-7-11(10)19(23)24/h4-7H,8H2,1-3H3,(H,18,20). The summed E-state index contributed by atoms with van der Waals surface area (Å²) in [4.78, 5) is 46.9. The molecule has 0 bridgehead atoms. The van der Waals surface area contributed by atoms with Crippen molar-refractivity contribution in [2.24, 2.45) is 0 Å². The van der Waals surface area contributed by atoms with Gasteiger partial charge in [0.2, 0.25) is 5.91 Å². The van der Waals surface area contributed by atoms with Gasteiger partial charge in [-0.05, 0) is 12.5 Å². The summed E-state index contributed by atoms with van der Waals surface area (Å²) in [5.41, 5.74) is 0.401. The zero-order valence-corrected chi connectivity index (χ0v) is 15.5. The zero-order chi connectivity index (χ0) is 20.1. The first-order valence-corrected chi connectivity index (χ1v) is 8.44. The molecule has 0 unspecified atom stereocenters. The second-order valence-electron chi connectivity index (χ2n) is 5.35. The molecule has 0 saturated heterocycles. The van der Waals surface area contributed by atoms with Gasteiger partial charge in [0.05, 0.1) is 31.1 Å². The molecule has 0 fully saturated rings. The highest BCUT2D eigenvalue weighted by molar-refractivity contribution is 7.18. The van der Waals surface area contributed by atoms with Gasteiger partial charge < -0.3 is 14.8 Å². The lowest BCUT2D eigenvalue weighted by Crippen LogP contribution is -2.16. The molecule has 0 radical (unpaired) electrons. The fourth-order valence-electron chi connectivity index (χ4n) is 2.42. The third kappa shape index (κ3) is 4.29. The van der Waals surface area contributed by atoms with E-state index in [9.17, 15) is 24.5 Å². The van der Waals surface area contributed by atoms with Gasteiger partial charge in [-0.1, -0.05) is 18.2 Å². The van der Waals surface area contributed by atoms with Gasteiger partial charge in [0.15, 0.2) is 0 Å². The van der Waals surface area contributed by atoms with Crippen LogP contribution in [-0.2, 0) is 20.7 Å². The third-order valence-corrected chi connectivity index (χ3v) is 4.89. The molecule has 27 heavy (non-hydrogen) atoms. The Hall–Kier alpha value is -3.27. The minimum atomic E-state index is -0.722. The van der Waals surface area contributed by atoms with Crippen LogP contribution >= 0.6 is 11.3 Å². The molecule has 1 aromatic carbocycles. The monoisotopic (exact) mass is 392 g/mol. The number of hydrogen-bond donors (Lipinski definition) is 1. The van der Waals surface area contributed by atoms with E-state index < -0.39 is 22.8 Å². The largest absolute Gasteiger partial charge is 0.465 e. The quantitative estimate of drug-likeness (QED) is 0.455. The van der Waals surface area contributed by atoms with E-state index in [1.807, 2.05) is 0 Å². The molecular formula is C17H16N2O7S. The van der Waals surface area contributed by atoms with Gasteiger partial charge in [0.1, 0.15) is 9.88 Å². The maximum atomic E-state index is 12.4. The Kier molecular flexibility index (Phi) is 6.24. The molecule has 0 aliphatic carbocycles. The molecule has 10 heteroatoms. The lowest BCUT2D eigenvalue weighted by Gasteiger charge is -2.06. The van der Waals surface area contributed by atoms with E-state index in [2.05, 4.69) is 10.1 Å². The van der Waals surface area contributed by atoms with Crippen molar-refractivity contribution in [2.75, 3.05) is 19.5 Å². The van der Waals surface area contributed by atoms with E-state index in [1.165, 1.54) is 39.3 Å². The zero-order valence-electron chi connectivity index (χ0n) is 14.7. The number of carbonyl (C=O) groups is 3. The van der Waals surface area contributed by atoms with Crippen LogP contribution < -0.4 is 5.32 Å². The van der Waals surface area contributed by atoms with E-state index in [4.69, 9.17) is 4.74 Å². The second-order valence-corrected chi connectivity index (χ2v) is 6.37. The Morgan fingerprint density at radius 3 is 2.37 bits per heavy atom. The Balaban J connectivity index is 2.34. The van der Waals surface area contributed by atoms with Gasteiger partial charge in [0.25, 0.3) is 5.69 Å². The first-order chi connectivity index (χ1) is 12.8. The molecule has 2 rings (SSSR count). The number of methoxy groups -OCH3 is 2. The lowest BCUT2D eigenvalue weighted by atomic mass is 10.1. The first-order valence-electron chi connectivity index (χ1n) is 7.62. The normalized spacial score (nSPS) is 10.2. The van der Waals surface area contributed by atoms with Gasteiger partial charge in [-0.25, -0.2) is 9.59 Å². The Bertz CT molecular complexity index is 920. The van der Waals surface area contributed by atoms with Gasteiger partial charge >= 0.3 is 11.9 Å². The van der Waals surface area contributed by atoms with Crippen LogP contribution in [0.3, 0.4) is 0 Å². The maximum Gasteiger partial charge on any atom is 0.348 e. The summed E-state index contributed by atoms with van der Waals surface area (Å²) in [6.45, 7) is 1.53. The molecule has 1 amide bonds. The number of nitrogens with one attached hydrogen (secondary N) is 1. The second kappa shape index (κ2) is 8.41. The summed E-state index contributed by atoms with van der Waals surface area (Å²) >= 11 is 0.871. The van der Waals surface area contributed by atoms with E-state index in [0.717, 1.165) is 11.3 Å². The number of amides is 1. The van der Waals surface area contributed by atoms with Crippen molar-refractivity contribution in [1.82, 2.24) is 0 Å². The van der Waals surface area contributed by atoms with Crippen molar-refractivity contribution in [1.29, 1.82) is 0 Å². The van der Waals surface area contributed by atoms with Crippen molar-refractivity contribution < 1.29 is 28.8 Å². The number of carbonyl (C=O) groups excluding carboxylic acids is 3. The number of anilines is 1. The van der Waals surface area contributed by atoms with Crippen LogP contribution in [0.15, 0.2) is 24.3 Å². The number of benzene rings is 1. The molecule has 2 aromatic rings. The van der Waals surface area contributed by atoms with E-state index in [0.29, 0.717) is 5.56 Å². The minimum absolute atomic E-state index is 0.0406. The molecule has 0 saturated carbocycles. The van der Waals surface area contributed by atoms with Crippen LogP contribution in [0.5, 0.6) is 0 Å². The van der Waals surface area contributed by atoms with E-state index >= 15 is 0 Å². The van der Waals surface area contributed by atoms with Crippen molar-refractivity contribution in [3.8, 4) is 0 Å². The van der Waals surface area contributed by atoms with Crippen LogP contribution in [0.4, 0.5) is 10.7 Å². The molecule has 0 spiro atoms. The van der Waals surface area contributed by atoms with Gasteiger partial charge in [0, 0.05) is 11.6 Å². The number of esters is 2. The number of ether oxygens (including phenoxy) is 2. The summed E-state index contributed by atoms with van der Waals surface area (Å²) in [6.07, 6.45) is -0.276. The van der Waals surface area contributed by atoms with Crippen LogP contribution in [-0.4, -0.2) is 37.0 Å². The van der Waals surface area contributed by atoms with E-state index in [1.54, 1.807) is 6.07 Å². The van der Waals surface area contributed by atoms with Crippen LogP contribution in [0, 0.1) is 17.0 Å². The van der Waals surface area contributed by atoms with Crippen molar-refractivity contribution in [3.63, 3.8) is 0 Å². The molecule has 1 heterocycles. The van der Waals surface area contributed by atoms with Crippen molar-refractivity contribution in [3.05, 3.63) is 55.9 Å². The predicted octanol–water partition coefficient (Wildman–Crippen LogP) is 2.72. The molecular weight excluding hydrogens is 376 g/mol. The minimum Gasteiger partial charge on any atom is -0.465 e. The third-order valence-electron chi connectivity index (χ3n) is 3.70. The van der Waals surface area contributed by atoms with Crippen LogP contribution in [0.25, 0.3) is 0 Å². The fourth-order valence-corrected chi connectivity index (χ4v) is 3.55. The summed E-state index contributed by atoms with van der Waals surface area (Å²) in [7, 11) is 2.38. The number of rotatable bonds is 6. The molecule has 1 N–H and O–H groups in total. The highest BCUT2D eigenvalue weighted by atomic mass is 32.1. The molecule has 0 aliphatic heterocycles. The molecule has 0 aliphatic rings. The maximum absolute atomic E-state index is 12.4. The lowest BCUT2D eigenvalue weighted by molar-refractivity contribution is -0.385. The van der Waals surface area contributed by atoms with Gasteiger partial charge in [-0.15, -0.1) is 11.3 Å². The predicted molar refractivity (Wildman–Crippen MR) is 97.2 cm³/mol. The number of thiophene rings is 1. The molecule has 9 nitrogen and oxygen atoms in total. The molecule has 1 aromatic heterocycles. The summed E-state index contributed by atoms with van der Waals surface area (Å²) < 4.78 is 9.38. The molecule has 142 valence electrons.